The molecule has 27 heavy (non-hydrogen) atoms. The number of hydrogen-bond donors (Lipinski definition) is 3. The number of halogens is 1. The van der Waals surface area contributed by atoms with Crippen LogP contribution in [0.3, 0.4) is 0 Å². The van der Waals surface area contributed by atoms with Gasteiger partial charge in [0.2, 0.25) is 0 Å². The van der Waals surface area contributed by atoms with Gasteiger partial charge in [0.1, 0.15) is 18.9 Å². The molecule has 3 N–H and O–H groups in total. The van der Waals surface area contributed by atoms with Crippen LogP contribution in [-0.4, -0.2) is 51.2 Å². The maximum absolute atomic E-state index is 13.0. The van der Waals surface area contributed by atoms with Gasteiger partial charge in [-0.3, -0.25) is 9.59 Å². The SMILES string of the molecule is O=C(Nc1ccccc1C(=O)NCC[NH+]1CCOCC1)c1ccc(F)cc1. The van der Waals surface area contributed by atoms with Gasteiger partial charge in [-0.25, -0.2) is 4.39 Å². The van der Waals surface area contributed by atoms with Crippen LogP contribution in [0.1, 0.15) is 20.7 Å². The number of quaternary nitrogens is 1. The van der Waals surface area contributed by atoms with Crippen molar-refractivity contribution in [3.8, 4) is 0 Å². The molecule has 0 bridgehead atoms. The lowest BCUT2D eigenvalue weighted by Crippen LogP contribution is -3.14. The second kappa shape index (κ2) is 9.25. The first-order valence-corrected chi connectivity index (χ1v) is 8.99. The molecule has 3 rings (SSSR count). The van der Waals surface area contributed by atoms with E-state index in [1.165, 1.54) is 29.2 Å². The van der Waals surface area contributed by atoms with Crippen molar-refractivity contribution >= 4 is 17.5 Å². The van der Waals surface area contributed by atoms with Crippen LogP contribution in [0.15, 0.2) is 48.5 Å². The highest BCUT2D eigenvalue weighted by Crippen LogP contribution is 2.16. The second-order valence-corrected chi connectivity index (χ2v) is 6.37. The summed E-state index contributed by atoms with van der Waals surface area (Å²) in [6.45, 7) is 4.77. The maximum Gasteiger partial charge on any atom is 0.255 e. The maximum atomic E-state index is 13.0. The molecule has 142 valence electrons. The number of carbonyl (C=O) groups is 2. The number of hydrogen-bond acceptors (Lipinski definition) is 3. The minimum absolute atomic E-state index is 0.238. The van der Waals surface area contributed by atoms with Crippen LogP contribution in [-0.2, 0) is 4.74 Å². The van der Waals surface area contributed by atoms with Crippen molar-refractivity contribution in [2.45, 2.75) is 0 Å². The molecule has 1 fully saturated rings. The van der Waals surface area contributed by atoms with Crippen molar-refractivity contribution in [3.63, 3.8) is 0 Å². The Balaban J connectivity index is 1.59. The van der Waals surface area contributed by atoms with Gasteiger partial charge in [0.25, 0.3) is 11.8 Å². The van der Waals surface area contributed by atoms with Gasteiger partial charge < -0.3 is 20.3 Å². The summed E-state index contributed by atoms with van der Waals surface area (Å²) in [6.07, 6.45) is 0. The summed E-state index contributed by atoms with van der Waals surface area (Å²) in [4.78, 5) is 26.3. The third-order valence-electron chi connectivity index (χ3n) is 4.49. The average molecular weight is 372 g/mol. The molecule has 0 saturated carbocycles. The molecule has 2 aromatic carbocycles. The number of rotatable bonds is 6. The number of anilines is 1. The smallest absolute Gasteiger partial charge is 0.255 e. The summed E-state index contributed by atoms with van der Waals surface area (Å²) < 4.78 is 18.3. The topological polar surface area (TPSA) is 71.9 Å². The van der Waals surface area contributed by atoms with Gasteiger partial charge in [-0.1, -0.05) is 12.1 Å². The fourth-order valence-electron chi connectivity index (χ4n) is 2.94. The zero-order valence-electron chi connectivity index (χ0n) is 15.0. The van der Waals surface area contributed by atoms with Crippen molar-refractivity contribution in [1.82, 2.24) is 5.32 Å². The van der Waals surface area contributed by atoms with E-state index in [9.17, 15) is 14.0 Å². The van der Waals surface area contributed by atoms with E-state index in [1.54, 1.807) is 24.3 Å². The minimum atomic E-state index is -0.409. The lowest BCUT2D eigenvalue weighted by molar-refractivity contribution is -0.906. The van der Waals surface area contributed by atoms with Crippen molar-refractivity contribution < 1.29 is 23.6 Å². The van der Waals surface area contributed by atoms with Crippen LogP contribution >= 0.6 is 0 Å². The van der Waals surface area contributed by atoms with Crippen molar-refractivity contribution in [2.24, 2.45) is 0 Å². The largest absolute Gasteiger partial charge is 0.370 e. The zero-order chi connectivity index (χ0) is 19.1. The summed E-state index contributed by atoms with van der Waals surface area (Å²) in [7, 11) is 0. The lowest BCUT2D eigenvalue weighted by atomic mass is 10.1. The van der Waals surface area contributed by atoms with Gasteiger partial charge in [0.15, 0.2) is 0 Å². The molecule has 0 aliphatic carbocycles. The first-order chi connectivity index (χ1) is 13.1. The van der Waals surface area contributed by atoms with E-state index >= 15 is 0 Å². The molecule has 2 amide bonds. The van der Waals surface area contributed by atoms with Crippen LogP contribution in [0.4, 0.5) is 10.1 Å². The third-order valence-corrected chi connectivity index (χ3v) is 4.49. The molecule has 6 nitrogen and oxygen atoms in total. The number of amides is 2. The van der Waals surface area contributed by atoms with Gasteiger partial charge in [-0.15, -0.1) is 0 Å². The fourth-order valence-corrected chi connectivity index (χ4v) is 2.94. The fraction of sp³-hybridized carbons (Fsp3) is 0.300. The van der Waals surface area contributed by atoms with Crippen LogP contribution in [0, 0.1) is 5.82 Å². The van der Waals surface area contributed by atoms with E-state index in [2.05, 4.69) is 10.6 Å². The molecular weight excluding hydrogens is 349 g/mol. The quantitative estimate of drug-likeness (QED) is 0.700. The van der Waals surface area contributed by atoms with E-state index in [0.29, 0.717) is 23.4 Å². The van der Waals surface area contributed by atoms with Crippen molar-refractivity contribution in [2.75, 3.05) is 44.7 Å². The molecule has 0 atom stereocenters. The predicted molar refractivity (Wildman–Crippen MR) is 99.5 cm³/mol. The summed E-state index contributed by atoms with van der Waals surface area (Å²) >= 11 is 0. The average Bonchev–Trinajstić information content (AvgIpc) is 2.69. The van der Waals surface area contributed by atoms with Gasteiger partial charge >= 0.3 is 0 Å². The summed E-state index contributed by atoms with van der Waals surface area (Å²) in [6, 6.07) is 12.1. The summed E-state index contributed by atoms with van der Waals surface area (Å²) in [5.74, 6) is -1.04. The minimum Gasteiger partial charge on any atom is -0.370 e. The number of benzene rings is 2. The number of para-hydroxylation sites is 1. The molecule has 1 heterocycles. The van der Waals surface area contributed by atoms with Crippen LogP contribution < -0.4 is 15.5 Å². The van der Waals surface area contributed by atoms with E-state index in [1.807, 2.05) is 0 Å². The Morgan fingerprint density at radius 1 is 1.00 bits per heavy atom. The third kappa shape index (κ3) is 5.35. The Hall–Kier alpha value is -2.77. The predicted octanol–water partition coefficient (Wildman–Crippen LogP) is 0.723. The number of morpholine rings is 1. The monoisotopic (exact) mass is 372 g/mol. The first-order valence-electron chi connectivity index (χ1n) is 8.99. The van der Waals surface area contributed by atoms with Gasteiger partial charge in [-0.2, -0.15) is 0 Å². The van der Waals surface area contributed by atoms with Gasteiger partial charge in [0, 0.05) is 5.56 Å². The molecule has 0 spiro atoms. The van der Waals surface area contributed by atoms with E-state index in [0.717, 1.165) is 32.8 Å². The molecular formula is C20H23FN3O3+. The number of carbonyl (C=O) groups excluding carboxylic acids is 2. The highest BCUT2D eigenvalue weighted by atomic mass is 19.1. The Morgan fingerprint density at radius 2 is 1.70 bits per heavy atom. The number of nitrogens with one attached hydrogen (secondary N) is 3. The molecule has 7 heteroatoms. The molecule has 0 unspecified atom stereocenters. The van der Waals surface area contributed by atoms with Crippen LogP contribution in [0.25, 0.3) is 0 Å². The highest BCUT2D eigenvalue weighted by molar-refractivity contribution is 6.08. The molecule has 0 radical (unpaired) electrons. The van der Waals surface area contributed by atoms with E-state index < -0.39 is 11.7 Å². The summed E-state index contributed by atoms with van der Waals surface area (Å²) in [5, 5.41) is 5.63. The van der Waals surface area contributed by atoms with Crippen LogP contribution in [0.5, 0.6) is 0 Å². The summed E-state index contributed by atoms with van der Waals surface area (Å²) in [5.41, 5.74) is 1.13. The van der Waals surface area contributed by atoms with E-state index in [4.69, 9.17) is 4.74 Å². The Kier molecular flexibility index (Phi) is 6.51. The Labute approximate surface area is 157 Å². The highest BCUT2D eigenvalue weighted by Gasteiger charge is 2.16. The lowest BCUT2D eigenvalue weighted by Gasteiger charge is -2.23. The van der Waals surface area contributed by atoms with Gasteiger partial charge in [-0.05, 0) is 36.4 Å². The van der Waals surface area contributed by atoms with Crippen molar-refractivity contribution in [3.05, 3.63) is 65.5 Å². The Bertz CT molecular complexity index is 789. The zero-order valence-corrected chi connectivity index (χ0v) is 15.0. The first kappa shape index (κ1) is 19.0. The molecule has 1 saturated heterocycles. The van der Waals surface area contributed by atoms with Crippen LogP contribution in [0.2, 0.25) is 0 Å². The molecule has 1 aliphatic heterocycles. The van der Waals surface area contributed by atoms with E-state index in [-0.39, 0.29) is 5.91 Å². The van der Waals surface area contributed by atoms with Gasteiger partial charge in [0.05, 0.1) is 37.6 Å². The molecule has 0 aromatic heterocycles. The normalized spacial score (nSPS) is 14.6. The second-order valence-electron chi connectivity index (χ2n) is 6.37. The molecule has 1 aliphatic rings. The Morgan fingerprint density at radius 3 is 2.44 bits per heavy atom. The molecule has 2 aromatic rings. The number of ether oxygens (including phenoxy) is 1. The standard InChI is InChI=1S/C20H22FN3O3/c21-16-7-5-15(6-8-16)19(25)23-18-4-2-1-3-17(18)20(26)22-9-10-24-11-13-27-14-12-24/h1-8H,9-14H2,(H,22,26)(H,23,25)/p+1. The van der Waals surface area contributed by atoms with Crippen molar-refractivity contribution in [1.29, 1.82) is 0 Å².